The number of unbranched alkanes of at least 4 members (excludes halogenated alkanes) is 29. The zero-order valence-corrected chi connectivity index (χ0v) is 68.4. The summed E-state index contributed by atoms with van der Waals surface area (Å²) in [6, 6.07) is 0. The minimum atomic E-state index is -5.00. The van der Waals surface area contributed by atoms with Gasteiger partial charge in [-0.1, -0.05) is 283 Å². The van der Waals surface area contributed by atoms with Crippen molar-refractivity contribution >= 4 is 39.5 Å². The van der Waals surface area contributed by atoms with Crippen LogP contribution in [0.1, 0.15) is 336 Å². The molecule has 0 aliphatic rings. The highest BCUT2D eigenvalue weighted by Crippen LogP contribution is 2.45. The average molecular weight is 1530 g/mol. The molecule has 0 bridgehead atoms. The largest absolute Gasteiger partial charge is 0.472 e. The maximum absolute atomic E-state index is 13.1. The van der Waals surface area contributed by atoms with Crippen molar-refractivity contribution in [3.8, 4) is 0 Å². The average Bonchev–Trinajstić information content (AvgIpc) is 0.906. The molecule has 0 heterocycles. The van der Waals surface area contributed by atoms with Crippen LogP contribution in [0, 0.1) is 0 Å². The van der Waals surface area contributed by atoms with Crippen molar-refractivity contribution in [1.82, 2.24) is 0 Å². The van der Waals surface area contributed by atoms with Gasteiger partial charge in [-0.05, 0) is 161 Å². The maximum atomic E-state index is 13.1. The van der Waals surface area contributed by atoms with Crippen molar-refractivity contribution in [1.29, 1.82) is 0 Å². The van der Waals surface area contributed by atoms with E-state index in [-0.39, 0.29) is 25.7 Å². The molecule has 608 valence electrons. The van der Waals surface area contributed by atoms with Crippen LogP contribution in [0.4, 0.5) is 0 Å². The van der Waals surface area contributed by atoms with E-state index in [0.717, 1.165) is 154 Å². The Kier molecular flexibility index (Phi) is 74.8. The van der Waals surface area contributed by atoms with Gasteiger partial charge in [0.05, 0.1) is 26.4 Å². The van der Waals surface area contributed by atoms with E-state index in [1.165, 1.54) is 96.3 Å². The fraction of sp³-hybridized carbons (Fsp3) is 0.701. The minimum absolute atomic E-state index is 0.0146. The van der Waals surface area contributed by atoms with Gasteiger partial charge < -0.3 is 33.8 Å². The molecule has 0 aromatic heterocycles. The molecule has 17 nitrogen and oxygen atoms in total. The minimum Gasteiger partial charge on any atom is -0.462 e. The normalized spacial score (nSPS) is 14.5. The number of aliphatic hydroxyl groups excluding tert-OH is 1. The summed E-state index contributed by atoms with van der Waals surface area (Å²) in [6.45, 7) is 4.63. The van der Waals surface area contributed by atoms with E-state index in [1.54, 1.807) is 0 Å². The van der Waals surface area contributed by atoms with E-state index in [0.29, 0.717) is 32.1 Å². The number of hydrogen-bond donors (Lipinski definition) is 3. The molecule has 0 spiro atoms. The highest BCUT2D eigenvalue weighted by molar-refractivity contribution is 7.47. The summed E-state index contributed by atoms with van der Waals surface area (Å²) in [5, 5.41) is 10.7. The van der Waals surface area contributed by atoms with E-state index in [2.05, 4.69) is 149 Å². The van der Waals surface area contributed by atoms with Crippen LogP contribution in [0.5, 0.6) is 0 Å². The lowest BCUT2D eigenvalue weighted by atomic mass is 10.1. The van der Waals surface area contributed by atoms with E-state index in [4.69, 9.17) is 37.0 Å². The maximum Gasteiger partial charge on any atom is 0.472 e. The first-order chi connectivity index (χ1) is 51.7. The second-order valence-corrected chi connectivity index (χ2v) is 30.2. The first kappa shape index (κ1) is 101. The first-order valence-electron chi connectivity index (χ1n) is 41.4. The van der Waals surface area contributed by atoms with Crippen LogP contribution in [-0.4, -0.2) is 96.7 Å². The molecule has 2 unspecified atom stereocenters. The number of phosphoric ester groups is 2. The van der Waals surface area contributed by atoms with Crippen molar-refractivity contribution in [2.45, 2.75) is 354 Å². The Morgan fingerprint density at radius 1 is 0.274 bits per heavy atom. The molecule has 0 amide bonds. The number of aliphatic hydroxyl groups is 1. The lowest BCUT2D eigenvalue weighted by Crippen LogP contribution is -2.30. The van der Waals surface area contributed by atoms with Gasteiger partial charge in [0.1, 0.15) is 19.3 Å². The lowest BCUT2D eigenvalue weighted by Gasteiger charge is -2.21. The Morgan fingerprint density at radius 2 is 0.500 bits per heavy atom. The highest BCUT2D eigenvalue weighted by Gasteiger charge is 2.30. The van der Waals surface area contributed by atoms with E-state index in [1.807, 2.05) is 12.2 Å². The molecule has 0 radical (unpaired) electrons. The number of carbonyl (C=O) groups is 4. The monoisotopic (exact) mass is 1530 g/mol. The van der Waals surface area contributed by atoms with Crippen LogP contribution in [0.25, 0.3) is 0 Å². The van der Waals surface area contributed by atoms with Crippen LogP contribution < -0.4 is 0 Å². The van der Waals surface area contributed by atoms with Gasteiger partial charge in [0.15, 0.2) is 12.2 Å². The molecular weight excluding hydrogens is 1380 g/mol. The van der Waals surface area contributed by atoms with Crippen molar-refractivity contribution < 1.29 is 80.2 Å². The molecule has 0 aromatic carbocycles. The van der Waals surface area contributed by atoms with Crippen LogP contribution in [-0.2, 0) is 65.4 Å². The summed E-state index contributed by atoms with van der Waals surface area (Å²) in [7, 11) is -10.00. The van der Waals surface area contributed by atoms with Gasteiger partial charge in [-0.15, -0.1) is 0 Å². The number of phosphoric acid groups is 2. The number of carbonyl (C=O) groups excluding carboxylic acids is 4. The zero-order valence-electron chi connectivity index (χ0n) is 66.6. The highest BCUT2D eigenvalue weighted by atomic mass is 31.2. The summed E-state index contributed by atoms with van der Waals surface area (Å²) >= 11 is 0. The second kappa shape index (κ2) is 78.3. The Labute approximate surface area is 644 Å². The van der Waals surface area contributed by atoms with Gasteiger partial charge in [-0.25, -0.2) is 9.13 Å². The van der Waals surface area contributed by atoms with Crippen LogP contribution in [0.3, 0.4) is 0 Å². The number of ether oxygens (including phenoxy) is 4. The second-order valence-electron chi connectivity index (χ2n) is 27.3. The van der Waals surface area contributed by atoms with Crippen molar-refractivity contribution in [2.24, 2.45) is 0 Å². The molecule has 0 aliphatic heterocycles. The third-order valence-corrected chi connectivity index (χ3v) is 19.0. The first-order valence-corrected chi connectivity index (χ1v) is 44.4. The van der Waals surface area contributed by atoms with E-state index in [9.17, 15) is 43.2 Å². The molecule has 0 saturated carbocycles. The molecule has 3 N–H and O–H groups in total. The van der Waals surface area contributed by atoms with Crippen LogP contribution >= 0.6 is 15.6 Å². The Bertz CT molecular complexity index is 2530. The standard InChI is InChI=1S/C87H148O17P2/c1-5-9-13-17-21-25-29-33-37-39-40-42-46-50-54-58-62-66-70-74-87(92)104-83(78-98-85(90)72-68-64-60-56-52-48-44-36-32-28-24-20-16-12-8-4)80-102-106(95,96)100-76-81(88)75-99-105(93,94)101-79-82(77-97-84(89)71-67-63-59-55-51-47-43-35-31-27-23-19-15-11-7-3)103-86(91)73-69-65-61-57-53-49-45-41-38-34-30-26-22-18-14-10-6-2/h9,13,21-22,25-26,33-38,40,42-45,49-50,54,57,61,81-83,88H,5-8,10-12,14-20,23-24,27-32,39,41,46-48,51-53,55-56,58-60,62-80H2,1-4H3,(H,93,94)(H,95,96)/b13-9-,25-21-,26-22-,37-33-,38-34-,42-40-,43-35-,44-36-,49-45-,54-50-,61-57-/t81-,82+,83+/m0/s1. The summed E-state index contributed by atoms with van der Waals surface area (Å²) in [6.07, 6.45) is 88.6. The predicted octanol–water partition coefficient (Wildman–Crippen LogP) is 24.4. The fourth-order valence-electron chi connectivity index (χ4n) is 10.8. The third-order valence-electron chi connectivity index (χ3n) is 17.1. The summed E-state index contributed by atoms with van der Waals surface area (Å²) in [5.41, 5.74) is 0. The number of hydrogen-bond acceptors (Lipinski definition) is 15. The van der Waals surface area contributed by atoms with Gasteiger partial charge in [0.2, 0.25) is 0 Å². The molecular formula is C87H148O17P2. The number of allylic oxidation sites excluding steroid dienone is 22. The molecule has 19 heteroatoms. The van der Waals surface area contributed by atoms with Crippen molar-refractivity contribution in [3.05, 3.63) is 134 Å². The van der Waals surface area contributed by atoms with Crippen molar-refractivity contribution in [2.75, 3.05) is 39.6 Å². The number of esters is 4. The molecule has 5 atom stereocenters. The van der Waals surface area contributed by atoms with Gasteiger partial charge >= 0.3 is 39.5 Å². The summed E-state index contributed by atoms with van der Waals surface area (Å²) in [4.78, 5) is 73.1. The Balaban J connectivity index is 5.47. The van der Waals surface area contributed by atoms with Gasteiger partial charge in [0.25, 0.3) is 0 Å². The van der Waals surface area contributed by atoms with Gasteiger partial charge in [0, 0.05) is 25.7 Å². The van der Waals surface area contributed by atoms with E-state index < -0.39 is 97.5 Å². The molecule has 106 heavy (non-hydrogen) atoms. The molecule has 0 rings (SSSR count). The topological polar surface area (TPSA) is 237 Å². The SMILES string of the molecule is CC/C=C\C/C=C\C/C=C\C/C=C\C/C=C\CCCCCC(=O)O[C@H](COC(=O)CCCCCCC/C=C\CCCCCCCC)COP(=O)(O)OC[C@@H](O)COP(=O)(O)OC[C@@H](COC(=O)CCCCCCC/C=C\CCCCCCCC)OC(=O)CCC/C=C\C/C=C\C/C=C\C/C=C\CCCCC. The van der Waals surface area contributed by atoms with Crippen LogP contribution in [0.15, 0.2) is 134 Å². The van der Waals surface area contributed by atoms with Gasteiger partial charge in [-0.3, -0.25) is 37.3 Å². The third kappa shape index (κ3) is 77.4. The molecule has 0 aliphatic carbocycles. The Morgan fingerprint density at radius 3 is 0.830 bits per heavy atom. The smallest absolute Gasteiger partial charge is 0.462 e. The summed E-state index contributed by atoms with van der Waals surface area (Å²) in [5.74, 6) is -2.29. The fourth-order valence-corrected chi connectivity index (χ4v) is 12.3. The Hall–Kier alpha value is -4.80. The molecule has 0 aromatic rings. The van der Waals surface area contributed by atoms with Crippen LogP contribution in [0.2, 0.25) is 0 Å². The zero-order chi connectivity index (χ0) is 77.4. The molecule has 0 saturated heterocycles. The summed E-state index contributed by atoms with van der Waals surface area (Å²) < 4.78 is 68.6. The van der Waals surface area contributed by atoms with E-state index >= 15 is 0 Å². The number of rotatable bonds is 77. The van der Waals surface area contributed by atoms with Crippen molar-refractivity contribution in [3.63, 3.8) is 0 Å². The lowest BCUT2D eigenvalue weighted by molar-refractivity contribution is -0.161. The molecule has 0 fully saturated rings. The quantitative estimate of drug-likeness (QED) is 0.0169. The van der Waals surface area contributed by atoms with Gasteiger partial charge in [-0.2, -0.15) is 0 Å². The predicted molar refractivity (Wildman–Crippen MR) is 436 cm³/mol.